The Balaban J connectivity index is 1.80. The van der Waals surface area contributed by atoms with Crippen molar-refractivity contribution >= 4 is 17.3 Å². The molecule has 2 heterocycles. The standard InChI is InChI=1S/C13H21N3OS/c1-14-13(15-8-12-4-3-7-18-12)16(2)9-11-5-6-17-10-11/h3-4,7,11H,5-6,8-10H2,1-2H3,(H,14,15). The Labute approximate surface area is 113 Å². The zero-order valence-electron chi connectivity index (χ0n) is 11.1. The second-order valence-electron chi connectivity index (χ2n) is 4.59. The second kappa shape index (κ2) is 6.75. The predicted octanol–water partition coefficient (Wildman–Crippen LogP) is 1.79. The smallest absolute Gasteiger partial charge is 0.193 e. The van der Waals surface area contributed by atoms with E-state index in [0.29, 0.717) is 5.92 Å². The van der Waals surface area contributed by atoms with Crippen LogP contribution in [0.5, 0.6) is 0 Å². The van der Waals surface area contributed by atoms with Crippen molar-refractivity contribution in [3.8, 4) is 0 Å². The number of aliphatic imine (C=N–C) groups is 1. The molecule has 100 valence electrons. The first-order chi connectivity index (χ1) is 8.79. The van der Waals surface area contributed by atoms with E-state index >= 15 is 0 Å². The lowest BCUT2D eigenvalue weighted by Crippen LogP contribution is -2.41. The lowest BCUT2D eigenvalue weighted by Gasteiger charge is -2.24. The molecule has 1 aliphatic heterocycles. The SMILES string of the molecule is CN=C(NCc1cccs1)N(C)CC1CCOC1. The molecule has 0 spiro atoms. The Morgan fingerprint density at radius 2 is 2.56 bits per heavy atom. The van der Waals surface area contributed by atoms with Gasteiger partial charge in [-0.2, -0.15) is 0 Å². The minimum absolute atomic E-state index is 0.635. The molecule has 0 bridgehead atoms. The molecule has 1 aromatic rings. The first-order valence-corrected chi connectivity index (χ1v) is 7.19. The monoisotopic (exact) mass is 267 g/mol. The Kier molecular flexibility index (Phi) is 5.01. The van der Waals surface area contributed by atoms with Gasteiger partial charge in [-0.15, -0.1) is 11.3 Å². The second-order valence-corrected chi connectivity index (χ2v) is 5.62. The third-order valence-electron chi connectivity index (χ3n) is 3.13. The number of hydrogen-bond donors (Lipinski definition) is 1. The molecule has 1 atom stereocenters. The number of nitrogens with one attached hydrogen (secondary N) is 1. The maximum atomic E-state index is 5.40. The van der Waals surface area contributed by atoms with Crippen molar-refractivity contribution in [1.29, 1.82) is 0 Å². The number of ether oxygens (including phenoxy) is 1. The zero-order valence-corrected chi connectivity index (χ0v) is 11.9. The maximum absolute atomic E-state index is 5.40. The number of thiophene rings is 1. The third-order valence-corrected chi connectivity index (χ3v) is 4.01. The Morgan fingerprint density at radius 3 is 3.17 bits per heavy atom. The summed E-state index contributed by atoms with van der Waals surface area (Å²) in [4.78, 5) is 7.84. The Bertz CT molecular complexity index is 372. The van der Waals surface area contributed by atoms with Crippen molar-refractivity contribution in [2.75, 3.05) is 33.9 Å². The number of hydrogen-bond acceptors (Lipinski definition) is 3. The van der Waals surface area contributed by atoms with Crippen LogP contribution in [0.1, 0.15) is 11.3 Å². The van der Waals surface area contributed by atoms with Crippen LogP contribution in [0.4, 0.5) is 0 Å². The van der Waals surface area contributed by atoms with Crippen LogP contribution in [0.25, 0.3) is 0 Å². The summed E-state index contributed by atoms with van der Waals surface area (Å²) < 4.78 is 5.40. The minimum atomic E-state index is 0.635. The van der Waals surface area contributed by atoms with Crippen LogP contribution in [0.2, 0.25) is 0 Å². The van der Waals surface area contributed by atoms with Crippen molar-refractivity contribution in [3.05, 3.63) is 22.4 Å². The maximum Gasteiger partial charge on any atom is 0.193 e. The van der Waals surface area contributed by atoms with Crippen molar-refractivity contribution in [2.24, 2.45) is 10.9 Å². The topological polar surface area (TPSA) is 36.9 Å². The molecule has 0 aromatic carbocycles. The summed E-state index contributed by atoms with van der Waals surface area (Å²) in [5.41, 5.74) is 0. The summed E-state index contributed by atoms with van der Waals surface area (Å²) in [7, 11) is 3.92. The van der Waals surface area contributed by atoms with E-state index < -0.39 is 0 Å². The zero-order chi connectivity index (χ0) is 12.8. The summed E-state index contributed by atoms with van der Waals surface area (Å²) in [6, 6.07) is 4.21. The van der Waals surface area contributed by atoms with Gasteiger partial charge in [-0.05, 0) is 17.9 Å². The van der Waals surface area contributed by atoms with Gasteiger partial charge in [-0.3, -0.25) is 4.99 Å². The molecule has 1 fully saturated rings. The summed E-state index contributed by atoms with van der Waals surface area (Å²) in [5.74, 6) is 1.59. The summed E-state index contributed by atoms with van der Waals surface area (Å²) in [6.07, 6.45) is 1.16. The highest BCUT2D eigenvalue weighted by molar-refractivity contribution is 7.09. The highest BCUT2D eigenvalue weighted by atomic mass is 32.1. The molecular formula is C13H21N3OS. The Morgan fingerprint density at radius 1 is 1.67 bits per heavy atom. The van der Waals surface area contributed by atoms with Crippen molar-refractivity contribution < 1.29 is 4.74 Å². The van der Waals surface area contributed by atoms with Gasteiger partial charge in [0.15, 0.2) is 5.96 Å². The molecule has 18 heavy (non-hydrogen) atoms. The molecule has 2 rings (SSSR count). The van der Waals surface area contributed by atoms with E-state index in [0.717, 1.165) is 38.7 Å². The highest BCUT2D eigenvalue weighted by Gasteiger charge is 2.18. The highest BCUT2D eigenvalue weighted by Crippen LogP contribution is 2.13. The van der Waals surface area contributed by atoms with Crippen LogP contribution < -0.4 is 5.32 Å². The molecule has 0 amide bonds. The van der Waals surface area contributed by atoms with Gasteiger partial charge in [-0.1, -0.05) is 6.07 Å². The van der Waals surface area contributed by atoms with Crippen molar-refractivity contribution in [3.63, 3.8) is 0 Å². The molecule has 4 nitrogen and oxygen atoms in total. The van der Waals surface area contributed by atoms with E-state index in [-0.39, 0.29) is 0 Å². The average Bonchev–Trinajstić information content (AvgIpc) is 3.02. The van der Waals surface area contributed by atoms with E-state index in [9.17, 15) is 0 Å². The summed E-state index contributed by atoms with van der Waals surface area (Å²) >= 11 is 1.76. The first kappa shape index (κ1) is 13.4. The van der Waals surface area contributed by atoms with Gasteiger partial charge in [0.2, 0.25) is 0 Å². The van der Waals surface area contributed by atoms with Gasteiger partial charge in [0.05, 0.1) is 13.2 Å². The fourth-order valence-electron chi connectivity index (χ4n) is 2.17. The summed E-state index contributed by atoms with van der Waals surface area (Å²) in [5, 5.41) is 5.49. The quantitative estimate of drug-likeness (QED) is 0.667. The molecule has 0 saturated carbocycles. The largest absolute Gasteiger partial charge is 0.381 e. The molecule has 1 saturated heterocycles. The molecule has 1 N–H and O–H groups in total. The van der Waals surface area contributed by atoms with E-state index in [2.05, 4.69) is 39.8 Å². The fourth-order valence-corrected chi connectivity index (χ4v) is 2.81. The third kappa shape index (κ3) is 3.71. The first-order valence-electron chi connectivity index (χ1n) is 6.31. The number of nitrogens with zero attached hydrogens (tertiary/aromatic N) is 2. The molecule has 0 radical (unpaired) electrons. The van der Waals surface area contributed by atoms with Crippen LogP contribution in [-0.4, -0.2) is 44.7 Å². The van der Waals surface area contributed by atoms with Gasteiger partial charge < -0.3 is 15.0 Å². The molecule has 1 unspecified atom stereocenters. The predicted molar refractivity (Wildman–Crippen MR) is 76.1 cm³/mol. The van der Waals surface area contributed by atoms with Crippen LogP contribution in [-0.2, 0) is 11.3 Å². The lowest BCUT2D eigenvalue weighted by atomic mass is 10.1. The molecule has 5 heteroatoms. The van der Waals surface area contributed by atoms with Crippen molar-refractivity contribution in [1.82, 2.24) is 10.2 Å². The van der Waals surface area contributed by atoms with Crippen LogP contribution in [0.15, 0.2) is 22.5 Å². The average molecular weight is 267 g/mol. The van der Waals surface area contributed by atoms with Crippen molar-refractivity contribution in [2.45, 2.75) is 13.0 Å². The molecule has 1 aromatic heterocycles. The number of guanidine groups is 1. The van der Waals surface area contributed by atoms with Crippen LogP contribution in [0.3, 0.4) is 0 Å². The van der Waals surface area contributed by atoms with Gasteiger partial charge in [0.25, 0.3) is 0 Å². The van der Waals surface area contributed by atoms with E-state index in [1.165, 1.54) is 4.88 Å². The number of rotatable bonds is 4. The minimum Gasteiger partial charge on any atom is -0.381 e. The van der Waals surface area contributed by atoms with Crippen LogP contribution in [0, 0.1) is 5.92 Å². The van der Waals surface area contributed by atoms with Crippen LogP contribution >= 0.6 is 11.3 Å². The Hall–Kier alpha value is -1.07. The summed E-state index contributed by atoms with van der Waals surface area (Å²) in [6.45, 7) is 3.63. The normalized spacial score (nSPS) is 20.1. The van der Waals surface area contributed by atoms with E-state index in [1.807, 2.05) is 7.05 Å². The van der Waals surface area contributed by atoms with E-state index in [4.69, 9.17) is 4.74 Å². The molecular weight excluding hydrogens is 246 g/mol. The molecule has 1 aliphatic rings. The molecule has 0 aliphatic carbocycles. The van der Waals surface area contributed by atoms with E-state index in [1.54, 1.807) is 11.3 Å². The van der Waals surface area contributed by atoms with Gasteiger partial charge >= 0.3 is 0 Å². The van der Waals surface area contributed by atoms with Gasteiger partial charge in [-0.25, -0.2) is 0 Å². The lowest BCUT2D eigenvalue weighted by molar-refractivity contribution is 0.181. The van der Waals surface area contributed by atoms with Gasteiger partial charge in [0, 0.05) is 38.0 Å². The van der Waals surface area contributed by atoms with Gasteiger partial charge in [0.1, 0.15) is 0 Å². The fraction of sp³-hybridized carbons (Fsp3) is 0.615.